The molecule has 13 nitrogen and oxygen atoms in total. The number of terminal acetylenes is 1. The lowest BCUT2D eigenvalue weighted by molar-refractivity contribution is -0.314. The topological polar surface area (TPSA) is 199 Å². The number of hydrogen-bond acceptors (Lipinski definition) is 11. The van der Waals surface area contributed by atoms with Gasteiger partial charge in [0.25, 0.3) is 5.79 Å². The summed E-state index contributed by atoms with van der Waals surface area (Å²) in [4.78, 5) is 24.8. The number of amides is 1. The van der Waals surface area contributed by atoms with Crippen LogP contribution >= 0.6 is 0 Å². The zero-order valence-corrected chi connectivity index (χ0v) is 21.6. The van der Waals surface area contributed by atoms with Gasteiger partial charge in [0, 0.05) is 19.4 Å². The molecule has 0 aromatic heterocycles. The first kappa shape index (κ1) is 32.6. The van der Waals surface area contributed by atoms with Crippen LogP contribution in [0.3, 0.4) is 0 Å². The Balaban J connectivity index is 1.96. The van der Waals surface area contributed by atoms with Crippen molar-refractivity contribution in [3.05, 3.63) is 35.9 Å². The summed E-state index contributed by atoms with van der Waals surface area (Å²) >= 11 is 0. The number of nitrogens with two attached hydrogens (primary N) is 1. The highest BCUT2D eigenvalue weighted by Crippen LogP contribution is 2.34. The largest absolute Gasteiger partial charge is 0.477 e. The molecule has 1 aliphatic rings. The third kappa shape index (κ3) is 10.5. The number of nitrogens with one attached hydrogen (secondary N) is 1. The number of aliphatic hydroxyl groups is 3. The fourth-order valence-electron chi connectivity index (χ4n) is 3.84. The molecule has 6 atom stereocenters. The molecule has 0 radical (unpaired) electrons. The van der Waals surface area contributed by atoms with Crippen LogP contribution in [0.25, 0.3) is 0 Å². The van der Waals surface area contributed by atoms with Gasteiger partial charge in [-0.15, -0.1) is 6.42 Å². The summed E-state index contributed by atoms with van der Waals surface area (Å²) in [5, 5.41) is 44.2. The third-order valence-corrected chi connectivity index (χ3v) is 5.92. The van der Waals surface area contributed by atoms with Crippen molar-refractivity contribution in [1.82, 2.24) is 5.32 Å². The van der Waals surface area contributed by atoms with Crippen molar-refractivity contribution < 1.29 is 53.7 Å². The van der Waals surface area contributed by atoms with Crippen LogP contribution in [0.5, 0.6) is 0 Å². The van der Waals surface area contributed by atoms with E-state index in [0.717, 1.165) is 0 Å². The number of rotatable bonds is 18. The number of carboxylic acids is 1. The van der Waals surface area contributed by atoms with Crippen molar-refractivity contribution in [2.24, 2.45) is 5.73 Å². The predicted molar refractivity (Wildman–Crippen MR) is 136 cm³/mol. The zero-order valence-electron chi connectivity index (χ0n) is 21.6. The molecular weight excluding hydrogens is 516 g/mol. The molecule has 1 aromatic carbocycles. The van der Waals surface area contributed by atoms with E-state index in [1.807, 2.05) is 0 Å². The molecule has 0 spiro atoms. The molecule has 1 aliphatic heterocycles. The van der Waals surface area contributed by atoms with Crippen LogP contribution in [0.4, 0.5) is 0 Å². The van der Waals surface area contributed by atoms with Gasteiger partial charge in [0.05, 0.1) is 57.9 Å². The summed E-state index contributed by atoms with van der Waals surface area (Å²) in [6.07, 6.45) is -1.93. The van der Waals surface area contributed by atoms with E-state index in [0.29, 0.717) is 18.8 Å². The number of ether oxygens (including phenoxy) is 5. The summed E-state index contributed by atoms with van der Waals surface area (Å²) in [7, 11) is 0. The highest BCUT2D eigenvalue weighted by atomic mass is 16.7. The fraction of sp³-hybridized carbons (Fsp3) is 0.615. The van der Waals surface area contributed by atoms with E-state index in [1.54, 1.807) is 30.3 Å². The van der Waals surface area contributed by atoms with E-state index in [1.165, 1.54) is 0 Å². The molecule has 0 unspecified atom stereocenters. The van der Waals surface area contributed by atoms with Crippen molar-refractivity contribution in [2.45, 2.75) is 55.7 Å². The zero-order chi connectivity index (χ0) is 28.7. The average Bonchev–Trinajstić information content (AvgIpc) is 2.93. The number of benzene rings is 1. The number of carbonyl (C=O) groups excluding carboxylic acids is 1. The van der Waals surface area contributed by atoms with Crippen LogP contribution in [0.2, 0.25) is 0 Å². The molecule has 0 aliphatic carbocycles. The second-order valence-electron chi connectivity index (χ2n) is 8.80. The van der Waals surface area contributed by atoms with Gasteiger partial charge in [0.2, 0.25) is 5.91 Å². The molecule has 1 aromatic rings. The molecule has 1 amide bonds. The van der Waals surface area contributed by atoms with Crippen LogP contribution in [0, 0.1) is 12.3 Å². The van der Waals surface area contributed by atoms with Crippen molar-refractivity contribution >= 4 is 11.9 Å². The van der Waals surface area contributed by atoms with Gasteiger partial charge in [-0.05, 0) is 5.56 Å². The molecule has 0 bridgehead atoms. The lowest BCUT2D eigenvalue weighted by Crippen LogP contribution is -2.68. The Morgan fingerprint density at radius 3 is 2.38 bits per heavy atom. The molecule has 1 heterocycles. The molecule has 7 N–H and O–H groups in total. The summed E-state index contributed by atoms with van der Waals surface area (Å²) in [5.74, 6) is -2.12. The Morgan fingerprint density at radius 1 is 1.13 bits per heavy atom. The van der Waals surface area contributed by atoms with E-state index < -0.39 is 54.5 Å². The second kappa shape index (κ2) is 17.1. The van der Waals surface area contributed by atoms with Gasteiger partial charge < -0.3 is 55.2 Å². The van der Waals surface area contributed by atoms with Crippen LogP contribution < -0.4 is 11.1 Å². The Morgan fingerprint density at radius 2 is 1.77 bits per heavy atom. The maximum absolute atomic E-state index is 12.6. The molecule has 2 rings (SSSR count). The van der Waals surface area contributed by atoms with E-state index >= 15 is 0 Å². The van der Waals surface area contributed by atoms with E-state index in [2.05, 4.69) is 11.2 Å². The van der Waals surface area contributed by atoms with Gasteiger partial charge in [-0.2, -0.15) is 0 Å². The Labute approximate surface area is 227 Å². The monoisotopic (exact) mass is 554 g/mol. The molecule has 1 fully saturated rings. The first-order chi connectivity index (χ1) is 18.7. The van der Waals surface area contributed by atoms with Gasteiger partial charge in [0.1, 0.15) is 18.8 Å². The Bertz CT molecular complexity index is 913. The summed E-state index contributed by atoms with van der Waals surface area (Å²) in [6, 6.07) is 7.43. The first-order valence-corrected chi connectivity index (χ1v) is 12.5. The molecule has 0 saturated carbocycles. The highest BCUT2D eigenvalue weighted by molar-refractivity contribution is 5.77. The second-order valence-corrected chi connectivity index (χ2v) is 8.80. The number of aliphatic carboxylic acids is 1. The summed E-state index contributed by atoms with van der Waals surface area (Å²) in [6.45, 7) is 0.887. The van der Waals surface area contributed by atoms with Crippen LogP contribution in [-0.2, 0) is 39.9 Å². The molecule has 13 heteroatoms. The summed E-state index contributed by atoms with van der Waals surface area (Å²) < 4.78 is 27.0. The van der Waals surface area contributed by atoms with E-state index in [9.17, 15) is 30.0 Å². The van der Waals surface area contributed by atoms with Crippen LogP contribution in [0.1, 0.15) is 18.4 Å². The van der Waals surface area contributed by atoms with Crippen molar-refractivity contribution in [1.29, 1.82) is 0 Å². The van der Waals surface area contributed by atoms with Gasteiger partial charge in [-0.1, -0.05) is 36.3 Å². The smallest absolute Gasteiger partial charge is 0.364 e. The summed E-state index contributed by atoms with van der Waals surface area (Å²) in [5.41, 5.74) is 6.11. The lowest BCUT2D eigenvalue weighted by atomic mass is 9.88. The SMILES string of the molecule is C#CCOCCOCCOCCC(=O)N[C@H]1[C@H]([C@H](O)[C@H](O)CN)O[C@@](OCc2ccccc2)(C(=O)O)C[C@@H]1O. The Kier molecular flexibility index (Phi) is 14.3. The van der Waals surface area contributed by atoms with E-state index in [-0.39, 0.29) is 46.0 Å². The molecular formula is C26H38N2O11. The number of hydrogen-bond donors (Lipinski definition) is 6. The van der Waals surface area contributed by atoms with Gasteiger partial charge in [-0.3, -0.25) is 4.79 Å². The quantitative estimate of drug-likeness (QED) is 0.0896. The molecule has 39 heavy (non-hydrogen) atoms. The minimum atomic E-state index is -2.36. The normalized spacial score (nSPS) is 24.4. The minimum Gasteiger partial charge on any atom is -0.477 e. The molecule has 1 saturated heterocycles. The van der Waals surface area contributed by atoms with Crippen LogP contribution in [0.15, 0.2) is 30.3 Å². The Hall–Kier alpha value is -2.64. The van der Waals surface area contributed by atoms with E-state index in [4.69, 9.17) is 35.8 Å². The first-order valence-electron chi connectivity index (χ1n) is 12.5. The van der Waals surface area contributed by atoms with Crippen molar-refractivity contribution in [2.75, 3.05) is 46.2 Å². The highest BCUT2D eigenvalue weighted by Gasteiger charge is 2.55. The van der Waals surface area contributed by atoms with Gasteiger partial charge in [0.15, 0.2) is 0 Å². The molecule has 218 valence electrons. The maximum atomic E-state index is 12.6. The predicted octanol–water partition coefficient (Wildman–Crippen LogP) is -1.63. The number of aliphatic hydroxyl groups excluding tert-OH is 3. The third-order valence-electron chi connectivity index (χ3n) is 5.92. The number of carbonyl (C=O) groups is 2. The standard InChI is InChI=1S/C26H38N2O11/c1-2-9-35-11-13-37-14-12-36-10-8-21(31)28-22-19(29)15-26(25(33)34,38-17-18-6-4-3-5-7-18)39-24(22)23(32)20(30)16-27/h1,3-7,19-20,22-24,29-30,32H,8-17,27H2,(H,28,31)(H,33,34)/t19-,20+,22+,23+,24+,26+/m0/s1. The van der Waals surface area contributed by atoms with Crippen LogP contribution in [-0.4, -0.2) is 115 Å². The maximum Gasteiger partial charge on any atom is 0.364 e. The van der Waals surface area contributed by atoms with Gasteiger partial charge >= 0.3 is 5.97 Å². The lowest BCUT2D eigenvalue weighted by Gasteiger charge is -2.46. The van der Waals surface area contributed by atoms with Crippen molar-refractivity contribution in [3.63, 3.8) is 0 Å². The minimum absolute atomic E-state index is 0.0321. The van der Waals surface area contributed by atoms with Crippen molar-refractivity contribution in [3.8, 4) is 12.3 Å². The van der Waals surface area contributed by atoms with Gasteiger partial charge in [-0.25, -0.2) is 4.79 Å². The fourth-order valence-corrected chi connectivity index (χ4v) is 3.84. The number of carboxylic acid groups (broad SMARTS) is 1. The average molecular weight is 555 g/mol.